The van der Waals surface area contributed by atoms with Gasteiger partial charge < -0.3 is 19.9 Å². The van der Waals surface area contributed by atoms with Gasteiger partial charge in [0.25, 0.3) is 27.2 Å². The molecular weight excluding hydrogens is 870 g/mol. The van der Waals surface area contributed by atoms with E-state index in [0.717, 1.165) is 63.5 Å². The van der Waals surface area contributed by atoms with E-state index >= 15 is 0 Å². The summed E-state index contributed by atoms with van der Waals surface area (Å²) < 4.78 is 36.9. The molecule has 3 N–H and O–H groups in total. The second kappa shape index (κ2) is 18.0. The number of rotatable bonds is 12. The van der Waals surface area contributed by atoms with E-state index in [1.807, 2.05) is 12.1 Å². The number of aromatic amines is 1. The molecule has 0 bridgehead atoms. The number of carbonyl (C=O) groups excluding carboxylic acids is 1. The lowest BCUT2D eigenvalue weighted by molar-refractivity contribution is -0.384. The Kier molecular flexibility index (Phi) is 12.2. The summed E-state index contributed by atoms with van der Waals surface area (Å²) in [6.45, 7) is 10.1. The summed E-state index contributed by atoms with van der Waals surface area (Å²) in [6.07, 6.45) is 7.75. The Morgan fingerprint density at radius 3 is 2.54 bits per heavy atom. The molecule has 6 aromatic rings. The molecule has 0 spiro atoms. The number of pyridine rings is 1. The number of carbonyl (C=O) groups is 1. The molecular formula is C47H50ClN9O7S. The molecule has 0 saturated carbocycles. The van der Waals surface area contributed by atoms with Crippen molar-refractivity contribution in [3.63, 3.8) is 0 Å². The van der Waals surface area contributed by atoms with Crippen molar-refractivity contribution in [3.05, 3.63) is 128 Å². The lowest BCUT2D eigenvalue weighted by Gasteiger charge is -2.39. The van der Waals surface area contributed by atoms with Crippen LogP contribution in [0.25, 0.3) is 33.3 Å². The Bertz CT molecular complexity index is 3010. The van der Waals surface area contributed by atoms with Gasteiger partial charge >= 0.3 is 0 Å². The zero-order chi connectivity index (χ0) is 45.5. The van der Waals surface area contributed by atoms with Gasteiger partial charge in [-0.05, 0) is 109 Å². The molecule has 2 aliphatic heterocycles. The maximum Gasteiger partial charge on any atom is 0.299 e. The largest absolute Gasteiger partial charge is 0.381 e. The number of hydrogen-bond acceptors (Lipinski definition) is 12. The van der Waals surface area contributed by atoms with E-state index in [-0.39, 0.29) is 33.8 Å². The molecule has 0 unspecified atom stereocenters. The molecule has 1 amide bonds. The lowest BCUT2D eigenvalue weighted by atomic mass is 9.72. The fourth-order valence-electron chi connectivity index (χ4n) is 9.16. The summed E-state index contributed by atoms with van der Waals surface area (Å²) in [7, 11) is -4.63. The Morgan fingerprint density at radius 2 is 1.78 bits per heavy atom. The fourth-order valence-corrected chi connectivity index (χ4v) is 10.3. The van der Waals surface area contributed by atoms with Gasteiger partial charge in [0.05, 0.1) is 26.6 Å². The van der Waals surface area contributed by atoms with E-state index in [9.17, 15) is 28.1 Å². The number of anilines is 2. The molecule has 1 aliphatic carbocycles. The molecule has 0 radical (unpaired) electrons. The Balaban J connectivity index is 1.00. The van der Waals surface area contributed by atoms with Gasteiger partial charge in [-0.3, -0.25) is 29.2 Å². The Labute approximate surface area is 380 Å². The van der Waals surface area contributed by atoms with Gasteiger partial charge in [-0.1, -0.05) is 43.2 Å². The third-order valence-corrected chi connectivity index (χ3v) is 14.5. The highest BCUT2D eigenvalue weighted by atomic mass is 35.5. The summed E-state index contributed by atoms with van der Waals surface area (Å²) in [5.41, 5.74) is 5.31. The number of benzene rings is 3. The van der Waals surface area contributed by atoms with E-state index in [2.05, 4.69) is 60.8 Å². The molecule has 2 fully saturated rings. The van der Waals surface area contributed by atoms with Crippen molar-refractivity contribution in [2.24, 2.45) is 11.3 Å². The molecule has 0 atom stereocenters. The number of nitro groups is 1. The van der Waals surface area contributed by atoms with Gasteiger partial charge in [0.1, 0.15) is 17.7 Å². The molecule has 3 aliphatic rings. The van der Waals surface area contributed by atoms with Crippen LogP contribution in [0.15, 0.2) is 101 Å². The average Bonchev–Trinajstić information content (AvgIpc) is 3.77. The second-order valence-corrected chi connectivity index (χ2v) is 20.0. The number of nitro benzene ring substituents is 1. The monoisotopic (exact) mass is 919 g/mol. The number of aromatic nitrogens is 4. The predicted molar refractivity (Wildman–Crippen MR) is 251 cm³/mol. The zero-order valence-electron chi connectivity index (χ0n) is 36.2. The minimum atomic E-state index is -4.63. The molecule has 18 heteroatoms. The first kappa shape index (κ1) is 44.1. The predicted octanol–water partition coefficient (Wildman–Crippen LogP) is 7.57. The number of ether oxygens (including phenoxy) is 1. The molecule has 16 nitrogen and oxygen atoms in total. The van der Waals surface area contributed by atoms with Crippen molar-refractivity contribution in [3.8, 4) is 5.69 Å². The highest BCUT2D eigenvalue weighted by Crippen LogP contribution is 2.43. The Morgan fingerprint density at radius 1 is 1.02 bits per heavy atom. The van der Waals surface area contributed by atoms with Crippen LogP contribution in [0.1, 0.15) is 61.9 Å². The SMILES string of the molecule is CC1(C)CCC(CN2CCN(c3ccc(C(=O)NS(=O)(=O)c4ccc(NCC5CCOCC5)c([N+](=O)[O-])c4)c(-n4cnc(=O)c5nc6[nH]ccc6cc54)c3)CC2)=C(c2ccc(Cl)cc2)C1. The molecule has 3 aromatic carbocycles. The van der Waals surface area contributed by atoms with Gasteiger partial charge in [0, 0.05) is 80.8 Å². The van der Waals surface area contributed by atoms with Crippen LogP contribution in [-0.2, 0) is 14.8 Å². The van der Waals surface area contributed by atoms with Crippen molar-refractivity contribution in [2.45, 2.75) is 50.8 Å². The maximum atomic E-state index is 14.3. The van der Waals surface area contributed by atoms with Gasteiger partial charge in [-0.15, -0.1) is 0 Å². The molecule has 3 aromatic heterocycles. The minimum Gasteiger partial charge on any atom is -0.381 e. The van der Waals surface area contributed by atoms with Crippen LogP contribution >= 0.6 is 11.6 Å². The van der Waals surface area contributed by atoms with Gasteiger partial charge in [-0.2, -0.15) is 4.98 Å². The first-order valence-electron chi connectivity index (χ1n) is 21.8. The number of halogens is 1. The standard InChI is InChI=1S/C47H50ClN9O7S/c1-47(2)15-11-33(38(26-47)31-3-5-34(48)6-4-31)28-54-17-19-55(20-18-54)35-7-9-37(40(24-35)56-29-51-46(59)43-42(56)23-32-12-16-49-44(32)52-43)45(58)53-65(62,63)36-8-10-39(41(25-36)57(60)61)50-27-30-13-21-64-22-14-30/h3-10,12,16,23-25,29-30,50H,11,13-15,17-22,26-28H2,1-2H3,(H,49,52)(H,53,58). The van der Waals surface area contributed by atoms with Crippen LogP contribution < -0.4 is 20.5 Å². The summed E-state index contributed by atoms with van der Waals surface area (Å²) in [5, 5.41) is 16.7. The van der Waals surface area contributed by atoms with E-state index in [1.54, 1.807) is 41.1 Å². The van der Waals surface area contributed by atoms with Crippen molar-refractivity contribution in [1.82, 2.24) is 29.1 Å². The summed E-state index contributed by atoms with van der Waals surface area (Å²) in [5.74, 6) is -0.730. The van der Waals surface area contributed by atoms with Gasteiger partial charge in [0.2, 0.25) is 0 Å². The van der Waals surface area contributed by atoms with Crippen molar-refractivity contribution >= 4 is 72.2 Å². The molecule has 2 saturated heterocycles. The maximum absolute atomic E-state index is 14.3. The summed E-state index contributed by atoms with van der Waals surface area (Å²) >= 11 is 6.26. The van der Waals surface area contributed by atoms with Crippen molar-refractivity contribution in [2.75, 3.05) is 62.7 Å². The minimum absolute atomic E-state index is 0.0389. The van der Waals surface area contributed by atoms with Gasteiger partial charge in [-0.25, -0.2) is 18.1 Å². The molecule has 65 heavy (non-hydrogen) atoms. The lowest BCUT2D eigenvalue weighted by Crippen LogP contribution is -2.47. The molecule has 338 valence electrons. The number of H-pyrrole nitrogens is 1. The molecule has 5 heterocycles. The van der Waals surface area contributed by atoms with E-state index < -0.39 is 37.0 Å². The number of amides is 1. The van der Waals surface area contributed by atoms with Gasteiger partial charge in [0.15, 0.2) is 5.52 Å². The molecule has 9 rings (SSSR count). The zero-order valence-corrected chi connectivity index (χ0v) is 37.8. The first-order valence-corrected chi connectivity index (χ1v) is 23.7. The highest BCUT2D eigenvalue weighted by Gasteiger charge is 2.31. The van der Waals surface area contributed by atoms with Crippen molar-refractivity contribution in [1.29, 1.82) is 0 Å². The normalized spacial score (nSPS) is 17.4. The quantitative estimate of drug-likeness (QED) is 0.0806. The number of nitrogens with zero attached hydrogens (tertiary/aromatic N) is 6. The van der Waals surface area contributed by atoms with Crippen LogP contribution in [0.5, 0.6) is 0 Å². The van der Waals surface area contributed by atoms with Crippen LogP contribution in [0.2, 0.25) is 5.02 Å². The topological polar surface area (TPSA) is 198 Å². The smallest absolute Gasteiger partial charge is 0.299 e. The summed E-state index contributed by atoms with van der Waals surface area (Å²) in [6, 6.07) is 20.3. The first-order chi connectivity index (χ1) is 31.2. The summed E-state index contributed by atoms with van der Waals surface area (Å²) in [4.78, 5) is 54.8. The third-order valence-electron chi connectivity index (χ3n) is 12.9. The second-order valence-electron chi connectivity index (χ2n) is 17.9. The van der Waals surface area contributed by atoms with Crippen LogP contribution in [-0.4, -0.2) is 96.1 Å². The van der Waals surface area contributed by atoms with E-state index in [1.165, 1.54) is 35.2 Å². The number of piperazine rings is 1. The average molecular weight is 920 g/mol. The van der Waals surface area contributed by atoms with Crippen LogP contribution in [0.3, 0.4) is 0 Å². The van der Waals surface area contributed by atoms with Crippen LogP contribution in [0.4, 0.5) is 17.1 Å². The number of hydrogen-bond donors (Lipinski definition) is 3. The number of fused-ring (bicyclic) bond motifs is 2. The Hall–Kier alpha value is -6.14. The number of nitrogens with one attached hydrogen (secondary N) is 3. The van der Waals surface area contributed by atoms with Crippen molar-refractivity contribution < 1.29 is 22.9 Å². The number of sulfonamides is 1. The third kappa shape index (κ3) is 9.50. The van der Waals surface area contributed by atoms with E-state index in [0.29, 0.717) is 54.4 Å². The number of allylic oxidation sites excluding steroid dienone is 1. The fraction of sp³-hybridized carbons (Fsp3) is 0.362. The van der Waals surface area contributed by atoms with Crippen LogP contribution in [0, 0.1) is 21.4 Å². The van der Waals surface area contributed by atoms with E-state index in [4.69, 9.17) is 16.3 Å². The highest BCUT2D eigenvalue weighted by molar-refractivity contribution is 7.90.